The van der Waals surface area contributed by atoms with Crippen molar-refractivity contribution in [1.29, 1.82) is 0 Å². The zero-order valence-corrected chi connectivity index (χ0v) is 11.2. The highest BCUT2D eigenvalue weighted by Gasteiger charge is 2.40. The van der Waals surface area contributed by atoms with Crippen molar-refractivity contribution >= 4 is 11.9 Å². The van der Waals surface area contributed by atoms with E-state index in [1.54, 1.807) is 6.92 Å². The molecule has 1 aromatic rings. The van der Waals surface area contributed by atoms with Gasteiger partial charge in [-0.25, -0.2) is 13.6 Å². The van der Waals surface area contributed by atoms with Gasteiger partial charge >= 0.3 is 5.97 Å². The fourth-order valence-electron chi connectivity index (χ4n) is 2.53. The summed E-state index contributed by atoms with van der Waals surface area (Å²) >= 11 is 0. The average molecular weight is 283 g/mol. The largest absolute Gasteiger partial charge is 0.480 e. The number of hydrogen-bond donors (Lipinski definition) is 1. The van der Waals surface area contributed by atoms with Gasteiger partial charge in [-0.1, -0.05) is 6.92 Å². The molecule has 0 bridgehead atoms. The van der Waals surface area contributed by atoms with Crippen molar-refractivity contribution in [2.75, 3.05) is 6.54 Å². The molecule has 1 heterocycles. The molecule has 2 atom stereocenters. The molecule has 1 amide bonds. The van der Waals surface area contributed by atoms with Crippen molar-refractivity contribution in [1.82, 2.24) is 4.90 Å². The van der Waals surface area contributed by atoms with E-state index in [1.165, 1.54) is 6.92 Å². The van der Waals surface area contributed by atoms with E-state index in [1.807, 2.05) is 0 Å². The zero-order valence-electron chi connectivity index (χ0n) is 11.2. The summed E-state index contributed by atoms with van der Waals surface area (Å²) in [4.78, 5) is 24.6. The van der Waals surface area contributed by atoms with Crippen LogP contribution in [-0.2, 0) is 4.79 Å². The number of likely N-dealkylation sites (tertiary alicyclic amines) is 1. The summed E-state index contributed by atoms with van der Waals surface area (Å²) in [7, 11) is 0. The first-order valence-electron chi connectivity index (χ1n) is 6.32. The molecule has 2 rings (SSSR count). The Morgan fingerprint density at radius 1 is 1.30 bits per heavy atom. The third-order valence-electron chi connectivity index (χ3n) is 3.69. The minimum atomic E-state index is -1.11. The summed E-state index contributed by atoms with van der Waals surface area (Å²) in [6.45, 7) is 3.41. The molecule has 1 saturated heterocycles. The van der Waals surface area contributed by atoms with Crippen molar-refractivity contribution in [3.05, 3.63) is 34.9 Å². The number of rotatable bonds is 2. The molecule has 1 N–H and O–H groups in total. The minimum Gasteiger partial charge on any atom is -0.480 e. The monoisotopic (exact) mass is 283 g/mol. The van der Waals surface area contributed by atoms with Crippen LogP contribution in [0.2, 0.25) is 0 Å². The Labute approximate surface area is 115 Å². The molecule has 0 radical (unpaired) electrons. The number of aliphatic carboxylic acids is 1. The lowest BCUT2D eigenvalue weighted by molar-refractivity contribution is -0.142. The smallest absolute Gasteiger partial charge is 0.326 e. The normalized spacial score (nSPS) is 22.1. The first-order valence-corrected chi connectivity index (χ1v) is 6.32. The van der Waals surface area contributed by atoms with Gasteiger partial charge in [0.1, 0.15) is 17.7 Å². The molecule has 1 fully saturated rings. The summed E-state index contributed by atoms with van der Waals surface area (Å²) in [5.74, 6) is -3.71. The molecule has 1 aliphatic rings. The number of carbonyl (C=O) groups excluding carboxylic acids is 1. The predicted molar refractivity (Wildman–Crippen MR) is 67.3 cm³/mol. The molecular formula is C14H15F2NO3. The topological polar surface area (TPSA) is 57.6 Å². The van der Waals surface area contributed by atoms with Crippen molar-refractivity contribution in [3.63, 3.8) is 0 Å². The molecule has 108 valence electrons. The number of carboxylic acid groups (broad SMARTS) is 1. The highest BCUT2D eigenvalue weighted by atomic mass is 19.1. The Balaban J connectivity index is 2.37. The maximum absolute atomic E-state index is 13.7. The van der Waals surface area contributed by atoms with Crippen molar-refractivity contribution in [2.24, 2.45) is 5.92 Å². The highest BCUT2D eigenvalue weighted by molar-refractivity contribution is 5.97. The van der Waals surface area contributed by atoms with Crippen LogP contribution < -0.4 is 0 Å². The second-order valence-electron chi connectivity index (χ2n) is 5.13. The minimum absolute atomic E-state index is 0.147. The van der Waals surface area contributed by atoms with Crippen LogP contribution in [0, 0.1) is 24.5 Å². The third-order valence-corrected chi connectivity index (χ3v) is 3.69. The van der Waals surface area contributed by atoms with Crippen molar-refractivity contribution in [2.45, 2.75) is 26.3 Å². The van der Waals surface area contributed by atoms with Gasteiger partial charge in [-0.15, -0.1) is 0 Å². The molecule has 0 aliphatic carbocycles. The number of amides is 1. The highest BCUT2D eigenvalue weighted by Crippen LogP contribution is 2.27. The van der Waals surface area contributed by atoms with E-state index < -0.39 is 29.6 Å². The van der Waals surface area contributed by atoms with Crippen molar-refractivity contribution < 1.29 is 23.5 Å². The average Bonchev–Trinajstić information content (AvgIpc) is 2.75. The molecule has 6 heteroatoms. The summed E-state index contributed by atoms with van der Waals surface area (Å²) in [5, 5.41) is 9.17. The number of hydrogen-bond acceptors (Lipinski definition) is 2. The second kappa shape index (κ2) is 5.19. The number of carboxylic acids is 1. The summed E-state index contributed by atoms with van der Waals surface area (Å²) in [6, 6.07) is 0.805. The van der Waals surface area contributed by atoms with Crippen LogP contribution in [0.4, 0.5) is 8.78 Å². The van der Waals surface area contributed by atoms with Crippen LogP contribution in [0.25, 0.3) is 0 Å². The van der Waals surface area contributed by atoms with E-state index in [0.717, 1.165) is 11.0 Å². The maximum Gasteiger partial charge on any atom is 0.326 e. The molecule has 2 unspecified atom stereocenters. The molecule has 1 aliphatic heterocycles. The van der Waals surface area contributed by atoms with Gasteiger partial charge < -0.3 is 10.0 Å². The van der Waals surface area contributed by atoms with Gasteiger partial charge in [0.2, 0.25) is 0 Å². The van der Waals surface area contributed by atoms with Crippen LogP contribution in [0.1, 0.15) is 29.3 Å². The van der Waals surface area contributed by atoms with E-state index in [2.05, 4.69) is 0 Å². The number of halogens is 2. The fraction of sp³-hybridized carbons (Fsp3) is 0.429. The lowest BCUT2D eigenvalue weighted by atomic mass is 10.0. The van der Waals surface area contributed by atoms with Gasteiger partial charge in [0.15, 0.2) is 0 Å². The Bertz CT molecular complexity index is 574. The molecule has 0 aromatic heterocycles. The zero-order chi connectivity index (χ0) is 15.0. The van der Waals surface area contributed by atoms with Crippen molar-refractivity contribution in [3.8, 4) is 0 Å². The summed E-state index contributed by atoms with van der Waals surface area (Å²) in [5.41, 5.74) is -0.141. The van der Waals surface area contributed by atoms with Gasteiger partial charge in [-0.05, 0) is 30.9 Å². The molecule has 1 aromatic carbocycles. The second-order valence-corrected chi connectivity index (χ2v) is 5.13. The van der Waals surface area contributed by atoms with E-state index in [0.29, 0.717) is 12.5 Å². The molecule has 20 heavy (non-hydrogen) atoms. The van der Waals surface area contributed by atoms with E-state index >= 15 is 0 Å². The lowest BCUT2D eigenvalue weighted by Gasteiger charge is -2.23. The van der Waals surface area contributed by atoms with E-state index in [4.69, 9.17) is 0 Å². The first kappa shape index (κ1) is 14.4. The van der Waals surface area contributed by atoms with Gasteiger partial charge in [-0.3, -0.25) is 4.79 Å². The Hall–Kier alpha value is -1.98. The van der Waals surface area contributed by atoms with Crippen LogP contribution in [0.5, 0.6) is 0 Å². The Kier molecular flexibility index (Phi) is 3.74. The lowest BCUT2D eigenvalue weighted by Crippen LogP contribution is -2.43. The van der Waals surface area contributed by atoms with E-state index in [-0.39, 0.29) is 23.6 Å². The van der Waals surface area contributed by atoms with Gasteiger partial charge in [-0.2, -0.15) is 0 Å². The quantitative estimate of drug-likeness (QED) is 0.905. The summed E-state index contributed by atoms with van der Waals surface area (Å²) in [6.07, 6.45) is 0.546. The number of aryl methyl sites for hydroxylation is 1. The molecular weight excluding hydrogens is 268 g/mol. The first-order chi connectivity index (χ1) is 9.32. The Morgan fingerprint density at radius 3 is 2.55 bits per heavy atom. The van der Waals surface area contributed by atoms with Gasteiger partial charge in [0, 0.05) is 12.6 Å². The number of carbonyl (C=O) groups is 2. The number of nitrogens with zero attached hydrogens (tertiary/aromatic N) is 1. The fourth-order valence-corrected chi connectivity index (χ4v) is 2.53. The molecule has 0 saturated carbocycles. The van der Waals surface area contributed by atoms with Gasteiger partial charge in [0.05, 0.1) is 5.56 Å². The van der Waals surface area contributed by atoms with Crippen LogP contribution in [-0.4, -0.2) is 34.5 Å². The Morgan fingerprint density at radius 2 is 1.95 bits per heavy atom. The van der Waals surface area contributed by atoms with Crippen LogP contribution in [0.3, 0.4) is 0 Å². The standard InChI is InChI=1S/C14H15F2NO3/c1-7-3-4-17(12(7)14(19)20)13(18)9-5-8(2)10(15)6-11(9)16/h5-7,12H,3-4H2,1-2H3,(H,19,20). The predicted octanol–water partition coefficient (Wildman–Crippen LogP) is 2.21. The summed E-state index contributed by atoms with van der Waals surface area (Å²) < 4.78 is 26.9. The molecule has 0 spiro atoms. The maximum atomic E-state index is 13.7. The number of benzene rings is 1. The van der Waals surface area contributed by atoms with Crippen LogP contribution in [0.15, 0.2) is 12.1 Å². The SMILES string of the molecule is Cc1cc(C(=O)N2CCC(C)C2C(=O)O)c(F)cc1F. The molecule has 4 nitrogen and oxygen atoms in total. The third kappa shape index (κ3) is 2.37. The van der Waals surface area contributed by atoms with E-state index in [9.17, 15) is 23.5 Å². The van der Waals surface area contributed by atoms with Crippen LogP contribution >= 0.6 is 0 Å². The van der Waals surface area contributed by atoms with Gasteiger partial charge in [0.25, 0.3) is 5.91 Å².